The summed E-state index contributed by atoms with van der Waals surface area (Å²) in [5, 5.41) is 0. The predicted octanol–water partition coefficient (Wildman–Crippen LogP) is 0.393. The quantitative estimate of drug-likeness (QED) is 0.570. The second kappa shape index (κ2) is 5.48. The molecule has 3 rings (SSSR count). The van der Waals surface area contributed by atoms with E-state index in [0.29, 0.717) is 23.8 Å². The summed E-state index contributed by atoms with van der Waals surface area (Å²) in [5.41, 5.74) is 0.369. The Balaban J connectivity index is 1.78. The lowest BCUT2D eigenvalue weighted by molar-refractivity contribution is 0.386. The molecule has 1 aliphatic heterocycles. The molecule has 1 aliphatic rings. The number of unbranched alkanes of at least 4 members (excludes halogenated alkanes) is 2. The number of aromatic nitrogens is 4. The van der Waals surface area contributed by atoms with Crippen molar-refractivity contribution >= 4 is 11.2 Å². The lowest BCUT2D eigenvalue weighted by Gasteiger charge is -2.08. The Hall–Kier alpha value is -1.89. The molecule has 0 aromatic carbocycles. The highest BCUT2D eigenvalue weighted by atomic mass is 16.6. The summed E-state index contributed by atoms with van der Waals surface area (Å²) in [4.78, 5) is 28.8. The highest BCUT2D eigenvalue weighted by Crippen LogP contribution is 2.17. The molecule has 1 unspecified atom stereocenters. The first kappa shape index (κ1) is 14.1. The lowest BCUT2D eigenvalue weighted by atomic mass is 10.1. The summed E-state index contributed by atoms with van der Waals surface area (Å²) in [6, 6.07) is 0. The maximum absolute atomic E-state index is 12.4. The number of hydrogen-bond donors (Lipinski definition) is 0. The van der Waals surface area contributed by atoms with Crippen LogP contribution in [0.3, 0.4) is 0 Å². The third-order valence-electron chi connectivity index (χ3n) is 4.01. The van der Waals surface area contributed by atoms with Crippen molar-refractivity contribution in [3.05, 3.63) is 27.2 Å². The van der Waals surface area contributed by atoms with Gasteiger partial charge in [0, 0.05) is 20.6 Å². The summed E-state index contributed by atoms with van der Waals surface area (Å²) in [7, 11) is 3.42. The first-order chi connectivity index (χ1) is 10.1. The van der Waals surface area contributed by atoms with Crippen LogP contribution in [-0.2, 0) is 25.4 Å². The van der Waals surface area contributed by atoms with Crippen LogP contribution in [-0.4, -0.2) is 31.4 Å². The van der Waals surface area contributed by atoms with E-state index in [2.05, 4.69) is 4.98 Å². The van der Waals surface area contributed by atoms with Gasteiger partial charge in [0.05, 0.1) is 19.0 Å². The van der Waals surface area contributed by atoms with E-state index in [4.69, 9.17) is 4.74 Å². The normalized spacial score (nSPS) is 17.5. The Kier molecular flexibility index (Phi) is 3.67. The van der Waals surface area contributed by atoms with E-state index in [1.807, 2.05) is 0 Å². The fourth-order valence-electron chi connectivity index (χ4n) is 2.65. The van der Waals surface area contributed by atoms with Crippen LogP contribution in [0.2, 0.25) is 0 Å². The van der Waals surface area contributed by atoms with E-state index < -0.39 is 0 Å². The second-order valence-electron chi connectivity index (χ2n) is 5.63. The zero-order chi connectivity index (χ0) is 15.0. The van der Waals surface area contributed by atoms with Crippen molar-refractivity contribution in [1.82, 2.24) is 18.7 Å². The minimum atomic E-state index is -0.295. The molecular formula is C14H20N4O3. The van der Waals surface area contributed by atoms with Crippen molar-refractivity contribution in [2.24, 2.45) is 14.1 Å². The molecule has 2 aromatic rings. The van der Waals surface area contributed by atoms with Crippen molar-refractivity contribution in [3.8, 4) is 0 Å². The van der Waals surface area contributed by atoms with E-state index in [1.54, 1.807) is 25.0 Å². The Labute approximate surface area is 121 Å². The number of ether oxygens (including phenoxy) is 1. The number of rotatable bonds is 6. The monoisotopic (exact) mass is 292 g/mol. The first-order valence-electron chi connectivity index (χ1n) is 7.32. The predicted molar refractivity (Wildman–Crippen MR) is 78.4 cm³/mol. The van der Waals surface area contributed by atoms with Crippen molar-refractivity contribution in [2.75, 3.05) is 6.61 Å². The van der Waals surface area contributed by atoms with Crippen molar-refractivity contribution in [1.29, 1.82) is 0 Å². The van der Waals surface area contributed by atoms with Crippen LogP contribution in [0.25, 0.3) is 11.2 Å². The minimum absolute atomic E-state index is 0.251. The molecule has 0 spiro atoms. The molecule has 0 radical (unpaired) electrons. The van der Waals surface area contributed by atoms with Gasteiger partial charge in [0.15, 0.2) is 11.2 Å². The molecular weight excluding hydrogens is 272 g/mol. The highest BCUT2D eigenvalue weighted by molar-refractivity contribution is 5.69. The Morgan fingerprint density at radius 1 is 1.29 bits per heavy atom. The molecule has 3 heterocycles. The fraction of sp³-hybridized carbons (Fsp3) is 0.643. The van der Waals surface area contributed by atoms with Gasteiger partial charge in [0.1, 0.15) is 0 Å². The highest BCUT2D eigenvalue weighted by Gasteiger charge is 2.21. The largest absolute Gasteiger partial charge is 0.373 e. The van der Waals surface area contributed by atoms with Gasteiger partial charge in [-0.3, -0.25) is 13.9 Å². The standard InChI is InChI=1S/C14H20N4O3/c1-16-9-15-12-11(16)13(19)18(14(20)17(12)2)7-5-3-4-6-10-8-21-10/h9-10H,3-8H2,1-2H3. The van der Waals surface area contributed by atoms with Gasteiger partial charge < -0.3 is 9.30 Å². The number of aryl methyl sites for hydroxylation is 2. The smallest absolute Gasteiger partial charge is 0.332 e. The number of hydrogen-bond acceptors (Lipinski definition) is 4. The van der Waals surface area contributed by atoms with Crippen molar-refractivity contribution in [2.45, 2.75) is 38.3 Å². The van der Waals surface area contributed by atoms with Crippen LogP contribution in [0.5, 0.6) is 0 Å². The summed E-state index contributed by atoms with van der Waals surface area (Å²) in [6.45, 7) is 1.34. The molecule has 0 aliphatic carbocycles. The van der Waals surface area contributed by atoms with Crippen LogP contribution in [0.4, 0.5) is 0 Å². The van der Waals surface area contributed by atoms with Crippen LogP contribution >= 0.6 is 0 Å². The third-order valence-corrected chi connectivity index (χ3v) is 4.01. The van der Waals surface area contributed by atoms with Gasteiger partial charge in [0.25, 0.3) is 5.56 Å². The maximum Gasteiger partial charge on any atom is 0.332 e. The van der Waals surface area contributed by atoms with E-state index in [9.17, 15) is 9.59 Å². The molecule has 21 heavy (non-hydrogen) atoms. The fourth-order valence-corrected chi connectivity index (χ4v) is 2.65. The molecule has 1 fully saturated rings. The molecule has 7 nitrogen and oxygen atoms in total. The van der Waals surface area contributed by atoms with E-state index in [-0.39, 0.29) is 11.2 Å². The van der Waals surface area contributed by atoms with Gasteiger partial charge in [-0.1, -0.05) is 12.8 Å². The Bertz CT molecular complexity index is 767. The SMILES string of the molecule is Cn1cnc2c1c(=O)n(CCCCCC1CO1)c(=O)n2C. The minimum Gasteiger partial charge on any atom is -0.373 e. The van der Waals surface area contributed by atoms with Gasteiger partial charge in [0.2, 0.25) is 0 Å². The first-order valence-corrected chi connectivity index (χ1v) is 7.32. The van der Waals surface area contributed by atoms with Crippen LogP contribution in [0, 0.1) is 0 Å². The number of fused-ring (bicyclic) bond motifs is 1. The average Bonchev–Trinajstić information content (AvgIpc) is 3.20. The summed E-state index contributed by atoms with van der Waals surface area (Å²) in [6.07, 6.45) is 5.99. The van der Waals surface area contributed by atoms with Crippen molar-refractivity contribution < 1.29 is 4.74 Å². The van der Waals surface area contributed by atoms with Gasteiger partial charge in [-0.15, -0.1) is 0 Å². The molecule has 1 saturated heterocycles. The van der Waals surface area contributed by atoms with Crippen molar-refractivity contribution in [3.63, 3.8) is 0 Å². The summed E-state index contributed by atoms with van der Waals surface area (Å²) >= 11 is 0. The molecule has 7 heteroatoms. The molecule has 0 saturated carbocycles. The van der Waals surface area contributed by atoms with Crippen LogP contribution in [0.15, 0.2) is 15.9 Å². The Morgan fingerprint density at radius 2 is 2.05 bits per heavy atom. The molecule has 1 atom stereocenters. The number of imidazole rings is 1. The van der Waals surface area contributed by atoms with Gasteiger partial charge in [-0.05, 0) is 12.8 Å². The second-order valence-corrected chi connectivity index (χ2v) is 5.63. The van der Waals surface area contributed by atoms with Gasteiger partial charge >= 0.3 is 5.69 Å². The lowest BCUT2D eigenvalue weighted by Crippen LogP contribution is -2.39. The molecule has 0 N–H and O–H groups in total. The van der Waals surface area contributed by atoms with Crippen LogP contribution < -0.4 is 11.2 Å². The van der Waals surface area contributed by atoms with E-state index >= 15 is 0 Å². The third kappa shape index (κ3) is 2.65. The van der Waals surface area contributed by atoms with E-state index in [0.717, 1.165) is 32.3 Å². The summed E-state index contributed by atoms with van der Waals surface area (Å²) < 4.78 is 9.58. The summed E-state index contributed by atoms with van der Waals surface area (Å²) in [5.74, 6) is 0. The zero-order valence-electron chi connectivity index (χ0n) is 12.4. The van der Waals surface area contributed by atoms with Gasteiger partial charge in [-0.2, -0.15) is 0 Å². The van der Waals surface area contributed by atoms with E-state index in [1.165, 1.54) is 9.13 Å². The molecule has 0 amide bonds. The van der Waals surface area contributed by atoms with Gasteiger partial charge in [-0.25, -0.2) is 9.78 Å². The molecule has 0 bridgehead atoms. The topological polar surface area (TPSA) is 74.3 Å². The molecule has 114 valence electrons. The molecule has 2 aromatic heterocycles. The Morgan fingerprint density at radius 3 is 2.76 bits per heavy atom. The van der Waals surface area contributed by atoms with Crippen LogP contribution in [0.1, 0.15) is 25.7 Å². The average molecular weight is 292 g/mol. The number of epoxide rings is 1. The number of nitrogens with zero attached hydrogens (tertiary/aromatic N) is 4. The zero-order valence-corrected chi connectivity index (χ0v) is 12.4. The maximum atomic E-state index is 12.4.